The van der Waals surface area contributed by atoms with Crippen LogP contribution in [0.4, 0.5) is 0 Å². The van der Waals surface area contributed by atoms with Gasteiger partial charge in [-0.3, -0.25) is 4.90 Å². The lowest BCUT2D eigenvalue weighted by Gasteiger charge is -2.35. The van der Waals surface area contributed by atoms with E-state index in [2.05, 4.69) is 23.8 Å². The molecule has 1 saturated heterocycles. The number of nitrogens with zero attached hydrogens (tertiary/aromatic N) is 2. The van der Waals surface area contributed by atoms with Gasteiger partial charge in [0.1, 0.15) is 6.29 Å². The third-order valence-corrected chi connectivity index (χ3v) is 2.60. The van der Waals surface area contributed by atoms with Gasteiger partial charge < -0.3 is 9.69 Å². The second-order valence-electron chi connectivity index (χ2n) is 3.59. The molecule has 0 radical (unpaired) electrons. The predicted octanol–water partition coefficient (Wildman–Crippen LogP) is 0.211. The molecule has 1 rings (SSSR count). The summed E-state index contributed by atoms with van der Waals surface area (Å²) in [7, 11) is 2.14. The van der Waals surface area contributed by atoms with Crippen molar-refractivity contribution in [1.82, 2.24) is 9.80 Å². The van der Waals surface area contributed by atoms with Crippen LogP contribution in [0.25, 0.3) is 0 Å². The second-order valence-corrected chi connectivity index (χ2v) is 3.59. The van der Waals surface area contributed by atoms with Gasteiger partial charge in [0, 0.05) is 38.6 Å². The molecule has 0 amide bonds. The van der Waals surface area contributed by atoms with Crippen molar-refractivity contribution >= 4 is 6.29 Å². The maximum atomic E-state index is 10.3. The van der Waals surface area contributed by atoms with Crippen molar-refractivity contribution in [3.8, 4) is 0 Å². The van der Waals surface area contributed by atoms with Crippen molar-refractivity contribution < 1.29 is 4.79 Å². The zero-order chi connectivity index (χ0) is 8.97. The summed E-state index contributed by atoms with van der Waals surface area (Å²) in [4.78, 5) is 15.0. The van der Waals surface area contributed by atoms with Crippen molar-refractivity contribution in [3.05, 3.63) is 0 Å². The Bertz CT molecular complexity index is 141. The van der Waals surface area contributed by atoms with Crippen LogP contribution in [0, 0.1) is 0 Å². The Morgan fingerprint density at radius 2 is 1.92 bits per heavy atom. The zero-order valence-corrected chi connectivity index (χ0v) is 7.99. The molecule has 3 nitrogen and oxygen atoms in total. The first-order chi connectivity index (χ1) is 5.74. The molecule has 0 aromatic rings. The fourth-order valence-corrected chi connectivity index (χ4v) is 1.55. The van der Waals surface area contributed by atoms with Crippen molar-refractivity contribution in [3.63, 3.8) is 0 Å². The van der Waals surface area contributed by atoms with Crippen LogP contribution in [0.15, 0.2) is 0 Å². The molecule has 0 aromatic carbocycles. The molecule has 3 heteroatoms. The van der Waals surface area contributed by atoms with Crippen LogP contribution in [0.5, 0.6) is 0 Å². The number of piperazine rings is 1. The second kappa shape index (κ2) is 4.58. The van der Waals surface area contributed by atoms with E-state index in [1.165, 1.54) is 0 Å². The predicted molar refractivity (Wildman–Crippen MR) is 49.2 cm³/mol. The van der Waals surface area contributed by atoms with Gasteiger partial charge in [-0.1, -0.05) is 0 Å². The standard InChI is InChI=1S/C9H18N2O/c1-9(3-8-12)11-6-4-10(2)5-7-11/h8-9H,3-7H2,1-2H3. The molecule has 0 saturated carbocycles. The minimum atomic E-state index is 0.427. The van der Waals surface area contributed by atoms with Crippen LogP contribution in [-0.2, 0) is 4.79 Å². The van der Waals surface area contributed by atoms with E-state index in [9.17, 15) is 4.79 Å². The van der Waals surface area contributed by atoms with Crippen LogP contribution < -0.4 is 0 Å². The van der Waals surface area contributed by atoms with Crippen molar-refractivity contribution in [2.45, 2.75) is 19.4 Å². The molecular weight excluding hydrogens is 152 g/mol. The highest BCUT2D eigenvalue weighted by Crippen LogP contribution is 2.06. The normalized spacial score (nSPS) is 23.8. The van der Waals surface area contributed by atoms with E-state index in [1.54, 1.807) is 0 Å². The number of carbonyl (C=O) groups is 1. The number of rotatable bonds is 3. The van der Waals surface area contributed by atoms with E-state index >= 15 is 0 Å². The van der Waals surface area contributed by atoms with Gasteiger partial charge in [0.25, 0.3) is 0 Å². The van der Waals surface area contributed by atoms with Crippen LogP contribution in [0.2, 0.25) is 0 Å². The number of likely N-dealkylation sites (N-methyl/N-ethyl adjacent to an activating group) is 1. The highest BCUT2D eigenvalue weighted by Gasteiger charge is 2.17. The molecule has 1 heterocycles. The quantitative estimate of drug-likeness (QED) is 0.566. The van der Waals surface area contributed by atoms with Crippen LogP contribution >= 0.6 is 0 Å². The SMILES string of the molecule is CC(CC=O)N1CCN(C)CC1. The maximum absolute atomic E-state index is 10.3. The number of aldehydes is 1. The van der Waals surface area contributed by atoms with E-state index in [0.717, 1.165) is 32.5 Å². The molecule has 1 atom stereocenters. The summed E-state index contributed by atoms with van der Waals surface area (Å²) in [6, 6.07) is 0.427. The Labute approximate surface area is 74.3 Å². The first kappa shape index (κ1) is 9.68. The van der Waals surface area contributed by atoms with Crippen LogP contribution in [-0.4, -0.2) is 55.4 Å². The van der Waals surface area contributed by atoms with Gasteiger partial charge in [0.2, 0.25) is 0 Å². The van der Waals surface area contributed by atoms with E-state index in [-0.39, 0.29) is 0 Å². The summed E-state index contributed by atoms with van der Waals surface area (Å²) >= 11 is 0. The van der Waals surface area contributed by atoms with E-state index in [4.69, 9.17) is 0 Å². The fourth-order valence-electron chi connectivity index (χ4n) is 1.55. The Hall–Kier alpha value is -0.410. The van der Waals surface area contributed by atoms with Crippen molar-refractivity contribution in [2.24, 2.45) is 0 Å². The lowest BCUT2D eigenvalue weighted by Crippen LogP contribution is -2.48. The molecule has 1 unspecified atom stereocenters. The van der Waals surface area contributed by atoms with Gasteiger partial charge in [0.15, 0.2) is 0 Å². The first-order valence-corrected chi connectivity index (χ1v) is 4.60. The van der Waals surface area contributed by atoms with Gasteiger partial charge in [-0.05, 0) is 14.0 Å². The summed E-state index contributed by atoms with van der Waals surface area (Å²) in [5, 5.41) is 0. The molecule has 70 valence electrons. The lowest BCUT2D eigenvalue weighted by molar-refractivity contribution is -0.108. The highest BCUT2D eigenvalue weighted by molar-refractivity contribution is 5.50. The maximum Gasteiger partial charge on any atom is 0.121 e. The number of hydrogen-bond donors (Lipinski definition) is 0. The van der Waals surface area contributed by atoms with Crippen molar-refractivity contribution in [2.75, 3.05) is 33.2 Å². The molecule has 12 heavy (non-hydrogen) atoms. The molecular formula is C9H18N2O. The third kappa shape index (κ3) is 2.57. The smallest absolute Gasteiger partial charge is 0.121 e. The molecule has 0 aliphatic carbocycles. The molecule has 0 bridgehead atoms. The average Bonchev–Trinajstić information content (AvgIpc) is 2.06. The fraction of sp³-hybridized carbons (Fsp3) is 0.889. The van der Waals surface area contributed by atoms with E-state index < -0.39 is 0 Å². The molecule has 1 aliphatic rings. The number of hydrogen-bond acceptors (Lipinski definition) is 3. The molecule has 0 aromatic heterocycles. The summed E-state index contributed by atoms with van der Waals surface area (Å²) < 4.78 is 0. The van der Waals surface area contributed by atoms with E-state index in [1.807, 2.05) is 0 Å². The van der Waals surface area contributed by atoms with Crippen LogP contribution in [0.1, 0.15) is 13.3 Å². The topological polar surface area (TPSA) is 23.6 Å². The van der Waals surface area contributed by atoms with Gasteiger partial charge >= 0.3 is 0 Å². The minimum Gasteiger partial charge on any atom is -0.304 e. The number of carbonyl (C=O) groups excluding carboxylic acids is 1. The Morgan fingerprint density at radius 1 is 1.33 bits per heavy atom. The molecule has 1 fully saturated rings. The molecule has 1 aliphatic heterocycles. The third-order valence-electron chi connectivity index (χ3n) is 2.60. The van der Waals surface area contributed by atoms with Gasteiger partial charge in [-0.2, -0.15) is 0 Å². The van der Waals surface area contributed by atoms with Gasteiger partial charge in [0.05, 0.1) is 0 Å². The summed E-state index contributed by atoms with van der Waals surface area (Å²) in [6.07, 6.45) is 1.69. The largest absolute Gasteiger partial charge is 0.304 e. The summed E-state index contributed by atoms with van der Waals surface area (Å²) in [5.74, 6) is 0. The Kier molecular flexibility index (Phi) is 3.69. The summed E-state index contributed by atoms with van der Waals surface area (Å²) in [5.41, 5.74) is 0. The molecule has 0 N–H and O–H groups in total. The zero-order valence-electron chi connectivity index (χ0n) is 7.99. The van der Waals surface area contributed by atoms with Crippen LogP contribution in [0.3, 0.4) is 0 Å². The van der Waals surface area contributed by atoms with Crippen molar-refractivity contribution in [1.29, 1.82) is 0 Å². The molecule has 0 spiro atoms. The van der Waals surface area contributed by atoms with Gasteiger partial charge in [-0.15, -0.1) is 0 Å². The van der Waals surface area contributed by atoms with E-state index in [0.29, 0.717) is 12.5 Å². The average molecular weight is 170 g/mol. The minimum absolute atomic E-state index is 0.427. The van der Waals surface area contributed by atoms with Gasteiger partial charge in [-0.25, -0.2) is 0 Å². The Balaban J connectivity index is 2.28. The first-order valence-electron chi connectivity index (χ1n) is 4.60. The lowest BCUT2D eigenvalue weighted by atomic mass is 10.2. The Morgan fingerprint density at radius 3 is 2.42 bits per heavy atom. The monoisotopic (exact) mass is 170 g/mol. The summed E-state index contributed by atoms with van der Waals surface area (Å²) in [6.45, 7) is 6.59. The highest BCUT2D eigenvalue weighted by atomic mass is 16.1.